The van der Waals surface area contributed by atoms with Crippen molar-refractivity contribution in [1.82, 2.24) is 9.80 Å². The van der Waals surface area contributed by atoms with E-state index >= 15 is 0 Å². The summed E-state index contributed by atoms with van der Waals surface area (Å²) < 4.78 is 5.05. The average Bonchev–Trinajstić information content (AvgIpc) is 3.35. The second-order valence-corrected chi connectivity index (χ2v) is 7.99. The van der Waals surface area contributed by atoms with E-state index in [2.05, 4.69) is 12.2 Å². The normalized spacial score (nSPS) is 32.3. The molecule has 7 nitrogen and oxygen atoms in total. The summed E-state index contributed by atoms with van der Waals surface area (Å²) in [5.74, 6) is -0.614. The van der Waals surface area contributed by atoms with Crippen molar-refractivity contribution >= 4 is 23.7 Å². The number of nitrogens with zero attached hydrogens (tertiary/aromatic N) is 2. The molecule has 3 fully saturated rings. The van der Waals surface area contributed by atoms with Gasteiger partial charge in [0.15, 0.2) is 0 Å². The minimum atomic E-state index is -0.206. The summed E-state index contributed by atoms with van der Waals surface area (Å²) in [5.41, 5.74) is 0. The average molecular weight is 374 g/mol. The van der Waals surface area contributed by atoms with Gasteiger partial charge in [0, 0.05) is 26.1 Å². The van der Waals surface area contributed by atoms with Gasteiger partial charge < -0.3 is 9.64 Å². The molecule has 2 saturated heterocycles. The van der Waals surface area contributed by atoms with Gasteiger partial charge in [-0.1, -0.05) is 12.2 Å². The van der Waals surface area contributed by atoms with Crippen LogP contribution in [-0.4, -0.2) is 59.7 Å². The lowest BCUT2D eigenvalue weighted by Gasteiger charge is -2.31. The molecule has 2 bridgehead atoms. The molecule has 2 aliphatic carbocycles. The molecule has 4 rings (SSSR count). The highest BCUT2D eigenvalue weighted by atomic mass is 16.5. The number of imide groups is 1. The van der Waals surface area contributed by atoms with Crippen LogP contribution < -0.4 is 0 Å². The number of allylic oxidation sites excluding steroid dienone is 2. The number of carbonyl (C=O) groups excluding carboxylic acids is 4. The van der Waals surface area contributed by atoms with E-state index in [0.717, 1.165) is 6.42 Å². The van der Waals surface area contributed by atoms with Crippen LogP contribution in [0.3, 0.4) is 0 Å². The molecule has 0 radical (unpaired) electrons. The van der Waals surface area contributed by atoms with Crippen LogP contribution >= 0.6 is 0 Å². The first-order valence-corrected chi connectivity index (χ1v) is 9.99. The van der Waals surface area contributed by atoms with Crippen molar-refractivity contribution < 1.29 is 23.9 Å². The SMILES string of the molecule is CCOC(=O)C1CCN(C(=O)CCN2C(=O)[C@H]3[C@H](C2=O)[C@H]2C=C[C@H]3C2)CC1. The first-order valence-electron chi connectivity index (χ1n) is 9.99. The Morgan fingerprint density at radius 3 is 2.22 bits per heavy atom. The molecule has 0 aromatic heterocycles. The molecule has 2 aliphatic heterocycles. The summed E-state index contributed by atoms with van der Waals surface area (Å²) in [5, 5.41) is 0. The van der Waals surface area contributed by atoms with Crippen molar-refractivity contribution in [2.45, 2.75) is 32.6 Å². The summed E-state index contributed by atoms with van der Waals surface area (Å²) in [6, 6.07) is 0. The van der Waals surface area contributed by atoms with E-state index in [-0.39, 0.29) is 66.2 Å². The van der Waals surface area contributed by atoms with E-state index in [4.69, 9.17) is 4.74 Å². The van der Waals surface area contributed by atoms with Crippen LogP contribution in [0.4, 0.5) is 0 Å². The van der Waals surface area contributed by atoms with Gasteiger partial charge in [-0.05, 0) is 38.0 Å². The van der Waals surface area contributed by atoms with Crippen molar-refractivity contribution in [3.63, 3.8) is 0 Å². The van der Waals surface area contributed by atoms with Crippen LogP contribution in [-0.2, 0) is 23.9 Å². The molecule has 0 aromatic rings. The second-order valence-electron chi connectivity index (χ2n) is 7.99. The fourth-order valence-electron chi connectivity index (χ4n) is 5.17. The number of carbonyl (C=O) groups is 4. The van der Waals surface area contributed by atoms with Gasteiger partial charge in [-0.2, -0.15) is 0 Å². The van der Waals surface area contributed by atoms with Crippen LogP contribution in [0.25, 0.3) is 0 Å². The number of amides is 3. The van der Waals surface area contributed by atoms with Crippen molar-refractivity contribution in [2.75, 3.05) is 26.2 Å². The lowest BCUT2D eigenvalue weighted by molar-refractivity contribution is -0.151. The molecular formula is C20H26N2O5. The summed E-state index contributed by atoms with van der Waals surface area (Å²) in [6.07, 6.45) is 6.41. The maximum atomic E-state index is 12.7. The predicted octanol–water partition coefficient (Wildman–Crippen LogP) is 0.985. The Labute approximate surface area is 158 Å². The largest absolute Gasteiger partial charge is 0.466 e. The van der Waals surface area contributed by atoms with E-state index in [9.17, 15) is 19.2 Å². The van der Waals surface area contributed by atoms with Crippen LogP contribution in [0.2, 0.25) is 0 Å². The lowest BCUT2D eigenvalue weighted by Crippen LogP contribution is -2.42. The molecule has 1 saturated carbocycles. The van der Waals surface area contributed by atoms with Crippen molar-refractivity contribution in [2.24, 2.45) is 29.6 Å². The highest BCUT2D eigenvalue weighted by molar-refractivity contribution is 6.06. The first-order chi connectivity index (χ1) is 13.0. The van der Waals surface area contributed by atoms with E-state index in [0.29, 0.717) is 32.5 Å². The van der Waals surface area contributed by atoms with Gasteiger partial charge in [-0.3, -0.25) is 24.1 Å². The molecule has 0 aromatic carbocycles. The van der Waals surface area contributed by atoms with Gasteiger partial charge in [-0.25, -0.2) is 0 Å². The Kier molecular flexibility index (Phi) is 4.78. The maximum Gasteiger partial charge on any atom is 0.309 e. The van der Waals surface area contributed by atoms with E-state index in [1.54, 1.807) is 11.8 Å². The van der Waals surface area contributed by atoms with Gasteiger partial charge in [0.1, 0.15) is 0 Å². The number of rotatable bonds is 5. The molecule has 4 atom stereocenters. The van der Waals surface area contributed by atoms with Crippen LogP contribution in [0, 0.1) is 29.6 Å². The zero-order valence-electron chi connectivity index (χ0n) is 15.6. The first kappa shape index (κ1) is 18.2. The Bertz CT molecular complexity index is 664. The minimum absolute atomic E-state index is 0.0592. The standard InChI is InChI=1S/C20H26N2O5/c1-2-27-20(26)12-5-8-21(9-6-12)15(23)7-10-22-18(24)16-13-3-4-14(11-13)17(16)19(22)25/h3-4,12-14,16-17H,2,5-11H2,1H3/t13-,14-,16+,17+/m0/s1. The number of fused-ring (bicyclic) bond motifs is 5. The van der Waals surface area contributed by atoms with Gasteiger partial charge in [0.05, 0.1) is 24.4 Å². The second kappa shape index (κ2) is 7.09. The number of piperidine rings is 1. The molecule has 27 heavy (non-hydrogen) atoms. The molecule has 0 unspecified atom stereocenters. The fraction of sp³-hybridized carbons (Fsp3) is 0.700. The van der Waals surface area contributed by atoms with E-state index in [1.165, 1.54) is 4.90 Å². The van der Waals surface area contributed by atoms with E-state index < -0.39 is 0 Å². The molecule has 0 N–H and O–H groups in total. The molecule has 2 heterocycles. The third-order valence-corrected chi connectivity index (χ3v) is 6.58. The molecular weight excluding hydrogens is 348 g/mol. The van der Waals surface area contributed by atoms with Crippen LogP contribution in [0.1, 0.15) is 32.6 Å². The minimum Gasteiger partial charge on any atom is -0.466 e. The number of esters is 1. The highest BCUT2D eigenvalue weighted by Crippen LogP contribution is 2.52. The molecule has 4 aliphatic rings. The van der Waals surface area contributed by atoms with Gasteiger partial charge in [0.2, 0.25) is 17.7 Å². The quantitative estimate of drug-likeness (QED) is 0.407. The third-order valence-electron chi connectivity index (χ3n) is 6.58. The molecule has 146 valence electrons. The third kappa shape index (κ3) is 3.07. The number of hydrogen-bond acceptors (Lipinski definition) is 5. The topological polar surface area (TPSA) is 84.0 Å². The predicted molar refractivity (Wildman–Crippen MR) is 95.0 cm³/mol. The Balaban J connectivity index is 1.28. The van der Waals surface area contributed by atoms with Gasteiger partial charge in [0.25, 0.3) is 0 Å². The molecule has 3 amide bonds. The number of ether oxygens (including phenoxy) is 1. The van der Waals surface area contributed by atoms with Crippen LogP contribution in [0.5, 0.6) is 0 Å². The Morgan fingerprint density at radius 1 is 1.07 bits per heavy atom. The number of hydrogen-bond donors (Lipinski definition) is 0. The molecule has 7 heteroatoms. The van der Waals surface area contributed by atoms with Crippen molar-refractivity contribution in [3.05, 3.63) is 12.2 Å². The smallest absolute Gasteiger partial charge is 0.309 e. The highest BCUT2D eigenvalue weighted by Gasteiger charge is 2.59. The van der Waals surface area contributed by atoms with Crippen molar-refractivity contribution in [3.8, 4) is 0 Å². The van der Waals surface area contributed by atoms with Crippen LogP contribution in [0.15, 0.2) is 12.2 Å². The Hall–Kier alpha value is -2.18. The molecule has 0 spiro atoms. The lowest BCUT2D eigenvalue weighted by atomic mass is 9.85. The Morgan fingerprint density at radius 2 is 1.67 bits per heavy atom. The van der Waals surface area contributed by atoms with Gasteiger partial charge >= 0.3 is 5.97 Å². The van der Waals surface area contributed by atoms with Gasteiger partial charge in [-0.15, -0.1) is 0 Å². The summed E-state index contributed by atoms with van der Waals surface area (Å²) >= 11 is 0. The zero-order valence-corrected chi connectivity index (χ0v) is 15.6. The van der Waals surface area contributed by atoms with Crippen molar-refractivity contribution in [1.29, 1.82) is 0 Å². The summed E-state index contributed by atoms with van der Waals surface area (Å²) in [6.45, 7) is 3.36. The zero-order chi connectivity index (χ0) is 19.1. The maximum absolute atomic E-state index is 12.7. The summed E-state index contributed by atoms with van der Waals surface area (Å²) in [4.78, 5) is 52.6. The summed E-state index contributed by atoms with van der Waals surface area (Å²) in [7, 11) is 0. The van der Waals surface area contributed by atoms with E-state index in [1.807, 2.05) is 0 Å². The number of likely N-dealkylation sites (tertiary alicyclic amines) is 2. The fourth-order valence-corrected chi connectivity index (χ4v) is 5.17. The monoisotopic (exact) mass is 374 g/mol.